The fourth-order valence-electron chi connectivity index (χ4n) is 1.85. The van der Waals surface area contributed by atoms with E-state index < -0.39 is 0 Å². The van der Waals surface area contributed by atoms with Crippen LogP contribution >= 0.6 is 0 Å². The monoisotopic (exact) mass is 239 g/mol. The van der Waals surface area contributed by atoms with E-state index in [0.29, 0.717) is 12.2 Å². The highest BCUT2D eigenvalue weighted by atomic mass is 15.5. The number of nitrogens with zero attached hydrogens (tertiary/aromatic N) is 3. The fraction of sp³-hybridized carbons (Fsp3) is 0.0769. The van der Waals surface area contributed by atoms with Gasteiger partial charge in [-0.1, -0.05) is 12.1 Å². The maximum atomic E-state index is 5.72. The summed E-state index contributed by atoms with van der Waals surface area (Å²) in [7, 11) is 0. The van der Waals surface area contributed by atoms with Crippen molar-refractivity contribution in [3.8, 4) is 5.69 Å². The first-order valence-corrected chi connectivity index (χ1v) is 5.68. The standard InChI is InChI=1S/C13H13N5/c14-8-9-2-1-3-11(6-9)18-16-12-5-4-10(15)7-13(12)17-18/h1-7H,8,14-15H2. The minimum atomic E-state index is 0.502. The van der Waals surface area contributed by atoms with E-state index in [1.54, 1.807) is 4.80 Å². The van der Waals surface area contributed by atoms with E-state index in [4.69, 9.17) is 11.5 Å². The SMILES string of the molecule is NCc1cccc(-n2nc3ccc(N)cc3n2)c1. The third kappa shape index (κ3) is 1.80. The van der Waals surface area contributed by atoms with Crippen LogP contribution in [-0.4, -0.2) is 15.0 Å². The first-order chi connectivity index (χ1) is 8.76. The Bertz CT molecular complexity index is 701. The number of nitrogens with two attached hydrogens (primary N) is 2. The second kappa shape index (κ2) is 4.12. The van der Waals surface area contributed by atoms with Gasteiger partial charge in [0.05, 0.1) is 5.69 Å². The van der Waals surface area contributed by atoms with Crippen molar-refractivity contribution in [1.82, 2.24) is 15.0 Å². The van der Waals surface area contributed by atoms with Gasteiger partial charge in [-0.05, 0) is 35.9 Å². The average molecular weight is 239 g/mol. The molecule has 18 heavy (non-hydrogen) atoms. The number of hydrogen-bond acceptors (Lipinski definition) is 4. The van der Waals surface area contributed by atoms with Crippen molar-refractivity contribution in [3.63, 3.8) is 0 Å². The van der Waals surface area contributed by atoms with E-state index in [2.05, 4.69) is 10.2 Å². The summed E-state index contributed by atoms with van der Waals surface area (Å²) in [6, 6.07) is 13.3. The molecule has 0 amide bonds. The lowest BCUT2D eigenvalue weighted by molar-refractivity contribution is 0.764. The molecule has 0 aliphatic heterocycles. The molecule has 4 N–H and O–H groups in total. The summed E-state index contributed by atoms with van der Waals surface area (Å²) in [5.41, 5.74) is 15.6. The average Bonchev–Trinajstić information content (AvgIpc) is 2.81. The van der Waals surface area contributed by atoms with Gasteiger partial charge in [0.1, 0.15) is 11.0 Å². The van der Waals surface area contributed by atoms with Crippen molar-refractivity contribution < 1.29 is 0 Å². The van der Waals surface area contributed by atoms with Gasteiger partial charge in [0.25, 0.3) is 0 Å². The normalized spacial score (nSPS) is 10.9. The Kier molecular flexibility index (Phi) is 2.46. The van der Waals surface area contributed by atoms with Gasteiger partial charge in [0.15, 0.2) is 0 Å². The molecular weight excluding hydrogens is 226 g/mol. The quantitative estimate of drug-likeness (QED) is 0.663. The molecule has 0 spiro atoms. The molecule has 0 unspecified atom stereocenters. The molecule has 0 aliphatic carbocycles. The summed E-state index contributed by atoms with van der Waals surface area (Å²) in [6.45, 7) is 0.502. The van der Waals surface area contributed by atoms with Crippen LogP contribution < -0.4 is 11.5 Å². The molecular formula is C13H13N5. The van der Waals surface area contributed by atoms with Crippen LogP contribution in [0, 0.1) is 0 Å². The number of fused-ring (bicyclic) bond motifs is 1. The zero-order chi connectivity index (χ0) is 12.5. The molecule has 3 aromatic rings. The minimum absolute atomic E-state index is 0.502. The van der Waals surface area contributed by atoms with Gasteiger partial charge in [0.2, 0.25) is 0 Å². The van der Waals surface area contributed by atoms with Crippen molar-refractivity contribution in [1.29, 1.82) is 0 Å². The van der Waals surface area contributed by atoms with Crippen molar-refractivity contribution in [2.45, 2.75) is 6.54 Å². The number of anilines is 1. The number of rotatable bonds is 2. The maximum absolute atomic E-state index is 5.72. The van der Waals surface area contributed by atoms with Gasteiger partial charge < -0.3 is 11.5 Å². The van der Waals surface area contributed by atoms with Crippen LogP contribution in [0.15, 0.2) is 42.5 Å². The fourth-order valence-corrected chi connectivity index (χ4v) is 1.85. The van der Waals surface area contributed by atoms with Crippen LogP contribution in [0.4, 0.5) is 5.69 Å². The van der Waals surface area contributed by atoms with E-state index in [0.717, 1.165) is 22.3 Å². The molecule has 0 atom stereocenters. The predicted molar refractivity (Wildman–Crippen MR) is 71.2 cm³/mol. The van der Waals surface area contributed by atoms with Crippen LogP contribution in [0.1, 0.15) is 5.56 Å². The van der Waals surface area contributed by atoms with Crippen LogP contribution in [0.25, 0.3) is 16.7 Å². The zero-order valence-corrected chi connectivity index (χ0v) is 9.74. The Hall–Kier alpha value is -2.40. The lowest BCUT2D eigenvalue weighted by Gasteiger charge is -2.01. The number of aromatic nitrogens is 3. The van der Waals surface area contributed by atoms with Crippen molar-refractivity contribution in [2.75, 3.05) is 5.73 Å². The van der Waals surface area contributed by atoms with Crippen molar-refractivity contribution in [2.24, 2.45) is 5.73 Å². The first kappa shape index (κ1) is 10.7. The van der Waals surface area contributed by atoms with Crippen molar-refractivity contribution in [3.05, 3.63) is 48.0 Å². The lowest BCUT2D eigenvalue weighted by atomic mass is 10.2. The third-order valence-electron chi connectivity index (χ3n) is 2.78. The molecule has 0 radical (unpaired) electrons. The molecule has 1 heterocycles. The predicted octanol–water partition coefficient (Wildman–Crippen LogP) is 1.46. The Morgan fingerprint density at radius 2 is 1.83 bits per heavy atom. The summed E-state index contributed by atoms with van der Waals surface area (Å²) in [4.78, 5) is 1.60. The molecule has 90 valence electrons. The smallest absolute Gasteiger partial charge is 0.115 e. The molecule has 5 nitrogen and oxygen atoms in total. The Morgan fingerprint density at radius 1 is 1.00 bits per heavy atom. The first-order valence-electron chi connectivity index (χ1n) is 5.68. The van der Waals surface area contributed by atoms with E-state index >= 15 is 0 Å². The molecule has 1 aromatic heterocycles. The Morgan fingerprint density at radius 3 is 2.67 bits per heavy atom. The summed E-state index contributed by atoms with van der Waals surface area (Å²) in [6.07, 6.45) is 0. The number of hydrogen-bond donors (Lipinski definition) is 2. The molecule has 0 saturated carbocycles. The van der Waals surface area contributed by atoms with Crippen LogP contribution in [0.3, 0.4) is 0 Å². The summed E-state index contributed by atoms with van der Waals surface area (Å²) >= 11 is 0. The molecule has 0 aliphatic rings. The molecule has 0 bridgehead atoms. The number of benzene rings is 2. The minimum Gasteiger partial charge on any atom is -0.399 e. The highest BCUT2D eigenvalue weighted by Crippen LogP contribution is 2.15. The molecule has 3 rings (SSSR count). The maximum Gasteiger partial charge on any atom is 0.115 e. The highest BCUT2D eigenvalue weighted by molar-refractivity contribution is 5.77. The van der Waals surface area contributed by atoms with Gasteiger partial charge in [-0.25, -0.2) is 0 Å². The van der Waals surface area contributed by atoms with Crippen molar-refractivity contribution >= 4 is 16.7 Å². The van der Waals surface area contributed by atoms with Gasteiger partial charge >= 0.3 is 0 Å². The third-order valence-corrected chi connectivity index (χ3v) is 2.78. The topological polar surface area (TPSA) is 82.8 Å². The molecule has 0 fully saturated rings. The van der Waals surface area contributed by atoms with Gasteiger partial charge in [0, 0.05) is 12.2 Å². The summed E-state index contributed by atoms with van der Waals surface area (Å²) in [5, 5.41) is 8.81. The van der Waals surface area contributed by atoms with E-state index in [-0.39, 0.29) is 0 Å². The van der Waals surface area contributed by atoms with Crippen LogP contribution in [-0.2, 0) is 6.54 Å². The summed E-state index contributed by atoms with van der Waals surface area (Å²) in [5.74, 6) is 0. The molecule has 2 aromatic carbocycles. The Labute approximate surface area is 104 Å². The zero-order valence-electron chi connectivity index (χ0n) is 9.74. The second-order valence-corrected chi connectivity index (χ2v) is 4.11. The summed E-state index contributed by atoms with van der Waals surface area (Å²) < 4.78 is 0. The lowest BCUT2D eigenvalue weighted by Crippen LogP contribution is -2.01. The molecule has 5 heteroatoms. The van der Waals surface area contributed by atoms with E-state index in [1.165, 1.54) is 0 Å². The van der Waals surface area contributed by atoms with E-state index in [1.807, 2.05) is 42.5 Å². The van der Waals surface area contributed by atoms with Gasteiger partial charge in [-0.2, -0.15) is 4.80 Å². The number of nitrogen functional groups attached to an aromatic ring is 1. The Balaban J connectivity index is 2.13. The molecule has 0 saturated heterocycles. The van der Waals surface area contributed by atoms with Gasteiger partial charge in [-0.3, -0.25) is 0 Å². The van der Waals surface area contributed by atoms with Crippen LogP contribution in [0.2, 0.25) is 0 Å². The highest BCUT2D eigenvalue weighted by Gasteiger charge is 2.05. The van der Waals surface area contributed by atoms with Gasteiger partial charge in [-0.15, -0.1) is 10.2 Å². The van der Waals surface area contributed by atoms with Crippen LogP contribution in [0.5, 0.6) is 0 Å². The van der Waals surface area contributed by atoms with E-state index in [9.17, 15) is 0 Å². The largest absolute Gasteiger partial charge is 0.399 e. The second-order valence-electron chi connectivity index (χ2n) is 4.11.